The molecule has 3 aromatic carbocycles. The molecule has 0 saturated carbocycles. The molecular weight excluding hydrogens is 344 g/mol. The predicted octanol–water partition coefficient (Wildman–Crippen LogP) is 5.19. The minimum absolute atomic E-state index is 0.738. The average molecular weight is 360 g/mol. The van der Waals surface area contributed by atoms with Crippen molar-refractivity contribution < 1.29 is 0 Å². The molecule has 3 heterocycles. The van der Waals surface area contributed by atoms with E-state index in [2.05, 4.69) is 75.2 Å². The summed E-state index contributed by atoms with van der Waals surface area (Å²) in [4.78, 5) is 14.2. The number of nitrogens with zero attached hydrogens (tertiary/aromatic N) is 4. The third-order valence-corrected chi connectivity index (χ3v) is 5.38. The van der Waals surface area contributed by atoms with Gasteiger partial charge in [-0.15, -0.1) is 0 Å². The summed E-state index contributed by atoms with van der Waals surface area (Å²) in [5.74, 6) is 0.944. The molecule has 0 spiro atoms. The van der Waals surface area contributed by atoms with Crippen molar-refractivity contribution in [2.45, 2.75) is 6.54 Å². The molecule has 0 amide bonds. The molecule has 4 nitrogen and oxygen atoms in total. The molecule has 0 N–H and O–H groups in total. The number of imidazole rings is 1. The Morgan fingerprint density at radius 2 is 1.39 bits per heavy atom. The van der Waals surface area contributed by atoms with E-state index < -0.39 is 0 Å². The van der Waals surface area contributed by atoms with Crippen LogP contribution in [0.2, 0.25) is 0 Å². The quantitative estimate of drug-likeness (QED) is 0.405. The van der Waals surface area contributed by atoms with Gasteiger partial charge in [0.1, 0.15) is 23.4 Å². The minimum Gasteiger partial charge on any atom is -0.304 e. The zero-order valence-corrected chi connectivity index (χ0v) is 15.1. The molecule has 28 heavy (non-hydrogen) atoms. The maximum Gasteiger partial charge on any atom is 0.164 e. The second kappa shape index (κ2) is 5.86. The normalized spacial score (nSPS) is 12.1. The van der Waals surface area contributed by atoms with Crippen molar-refractivity contribution in [3.63, 3.8) is 0 Å². The van der Waals surface area contributed by atoms with E-state index in [0.717, 1.165) is 40.4 Å². The first-order valence-corrected chi connectivity index (χ1v) is 9.34. The third-order valence-electron chi connectivity index (χ3n) is 5.38. The predicted molar refractivity (Wildman–Crippen MR) is 111 cm³/mol. The van der Waals surface area contributed by atoms with Crippen molar-refractivity contribution >= 4 is 11.2 Å². The Morgan fingerprint density at radius 1 is 0.679 bits per heavy atom. The van der Waals surface area contributed by atoms with Crippen LogP contribution in [0, 0.1) is 0 Å². The van der Waals surface area contributed by atoms with Gasteiger partial charge in [0, 0.05) is 11.1 Å². The standard InChI is InChI=1S/C24H16N4/c1-2-8-16(9-3-1)21-22-24(26-15-25-21)28-14-17-10-4-5-11-18(17)19-12-6-7-13-20(19)23(28)27-22/h1-13,15H,14H2. The molecular formula is C24H16N4. The van der Waals surface area contributed by atoms with Gasteiger partial charge in [-0.1, -0.05) is 78.9 Å². The molecule has 4 heteroatoms. The van der Waals surface area contributed by atoms with Crippen LogP contribution in [0.4, 0.5) is 0 Å². The van der Waals surface area contributed by atoms with Gasteiger partial charge in [-0.2, -0.15) is 0 Å². The van der Waals surface area contributed by atoms with Crippen molar-refractivity contribution in [2.75, 3.05) is 0 Å². The van der Waals surface area contributed by atoms with Crippen LogP contribution in [0.1, 0.15) is 5.56 Å². The van der Waals surface area contributed by atoms with E-state index in [1.807, 2.05) is 18.2 Å². The van der Waals surface area contributed by atoms with Gasteiger partial charge in [-0.25, -0.2) is 15.0 Å². The molecule has 5 aromatic rings. The van der Waals surface area contributed by atoms with Crippen LogP contribution in [0.5, 0.6) is 0 Å². The first-order valence-electron chi connectivity index (χ1n) is 9.34. The van der Waals surface area contributed by atoms with Gasteiger partial charge in [0.05, 0.1) is 6.54 Å². The molecule has 0 atom stereocenters. The van der Waals surface area contributed by atoms with Crippen LogP contribution in [0.15, 0.2) is 85.2 Å². The molecule has 2 aromatic heterocycles. The minimum atomic E-state index is 0.738. The number of hydrogen-bond donors (Lipinski definition) is 0. The zero-order valence-electron chi connectivity index (χ0n) is 15.1. The van der Waals surface area contributed by atoms with Crippen molar-refractivity contribution in [3.8, 4) is 33.8 Å². The van der Waals surface area contributed by atoms with Crippen LogP contribution in [0.25, 0.3) is 44.9 Å². The molecule has 132 valence electrons. The van der Waals surface area contributed by atoms with Crippen LogP contribution >= 0.6 is 0 Å². The number of benzene rings is 3. The SMILES string of the molecule is c1ccc(-c2ncnc3c2nc2n3Cc3ccccc3-c3ccccc3-2)cc1. The van der Waals surface area contributed by atoms with E-state index in [0.29, 0.717) is 0 Å². The van der Waals surface area contributed by atoms with Crippen molar-refractivity contribution in [1.82, 2.24) is 19.5 Å². The summed E-state index contributed by atoms with van der Waals surface area (Å²) in [5.41, 5.74) is 8.51. The van der Waals surface area contributed by atoms with Crippen LogP contribution in [0.3, 0.4) is 0 Å². The zero-order chi connectivity index (χ0) is 18.5. The van der Waals surface area contributed by atoms with Gasteiger partial charge < -0.3 is 4.57 Å². The smallest absolute Gasteiger partial charge is 0.164 e. The maximum absolute atomic E-state index is 5.05. The summed E-state index contributed by atoms with van der Waals surface area (Å²) in [5, 5.41) is 0. The number of aromatic nitrogens is 4. The second-order valence-corrected chi connectivity index (χ2v) is 6.98. The summed E-state index contributed by atoms with van der Waals surface area (Å²) in [6.45, 7) is 0.738. The van der Waals surface area contributed by atoms with E-state index in [1.54, 1.807) is 6.33 Å². The molecule has 0 unspecified atom stereocenters. The van der Waals surface area contributed by atoms with Gasteiger partial charge in [0.25, 0.3) is 0 Å². The topological polar surface area (TPSA) is 43.6 Å². The Balaban J connectivity index is 1.70. The lowest BCUT2D eigenvalue weighted by atomic mass is 9.96. The fraction of sp³-hybridized carbons (Fsp3) is 0.0417. The van der Waals surface area contributed by atoms with Crippen molar-refractivity contribution in [1.29, 1.82) is 0 Å². The monoisotopic (exact) mass is 360 g/mol. The molecule has 0 bridgehead atoms. The highest BCUT2D eigenvalue weighted by atomic mass is 15.1. The van der Waals surface area contributed by atoms with Gasteiger partial charge >= 0.3 is 0 Å². The van der Waals surface area contributed by atoms with Crippen LogP contribution < -0.4 is 0 Å². The molecule has 0 saturated heterocycles. The molecule has 0 aliphatic carbocycles. The lowest BCUT2D eigenvalue weighted by Crippen LogP contribution is -2.02. The molecule has 1 aliphatic heterocycles. The fourth-order valence-electron chi connectivity index (χ4n) is 4.10. The second-order valence-electron chi connectivity index (χ2n) is 6.98. The Labute approximate surface area is 162 Å². The molecule has 1 aliphatic rings. The number of rotatable bonds is 1. The fourth-order valence-corrected chi connectivity index (χ4v) is 4.10. The highest BCUT2D eigenvalue weighted by molar-refractivity contribution is 5.93. The van der Waals surface area contributed by atoms with E-state index in [1.165, 1.54) is 16.7 Å². The van der Waals surface area contributed by atoms with Gasteiger partial charge in [0.2, 0.25) is 0 Å². The third kappa shape index (κ3) is 2.15. The lowest BCUT2D eigenvalue weighted by molar-refractivity contribution is 0.829. The highest BCUT2D eigenvalue weighted by Gasteiger charge is 2.24. The van der Waals surface area contributed by atoms with Gasteiger partial charge in [-0.05, 0) is 16.7 Å². The van der Waals surface area contributed by atoms with Crippen molar-refractivity contribution in [3.05, 3.63) is 90.8 Å². The van der Waals surface area contributed by atoms with E-state index in [4.69, 9.17) is 4.98 Å². The first kappa shape index (κ1) is 15.3. The molecule has 0 radical (unpaired) electrons. The Morgan fingerprint density at radius 3 is 2.25 bits per heavy atom. The van der Waals surface area contributed by atoms with Crippen LogP contribution in [-0.2, 0) is 6.54 Å². The Hall–Kier alpha value is -3.79. The maximum atomic E-state index is 5.05. The number of hydrogen-bond acceptors (Lipinski definition) is 3. The molecule has 6 rings (SSSR count). The summed E-state index contributed by atoms with van der Waals surface area (Å²) in [7, 11) is 0. The van der Waals surface area contributed by atoms with Gasteiger partial charge in [0.15, 0.2) is 5.65 Å². The van der Waals surface area contributed by atoms with Crippen molar-refractivity contribution in [2.24, 2.45) is 0 Å². The first-order chi connectivity index (χ1) is 13.9. The average Bonchev–Trinajstić information content (AvgIpc) is 3.06. The molecule has 0 fully saturated rings. The van der Waals surface area contributed by atoms with E-state index in [9.17, 15) is 0 Å². The summed E-state index contributed by atoms with van der Waals surface area (Å²) in [6.07, 6.45) is 1.64. The summed E-state index contributed by atoms with van der Waals surface area (Å²) >= 11 is 0. The highest BCUT2D eigenvalue weighted by Crippen LogP contribution is 2.39. The Bertz CT molecular complexity index is 1340. The summed E-state index contributed by atoms with van der Waals surface area (Å²) in [6, 6.07) is 27.2. The largest absolute Gasteiger partial charge is 0.304 e. The lowest BCUT2D eigenvalue weighted by Gasteiger charge is -2.08. The summed E-state index contributed by atoms with van der Waals surface area (Å²) < 4.78 is 2.22. The van der Waals surface area contributed by atoms with E-state index in [-0.39, 0.29) is 0 Å². The van der Waals surface area contributed by atoms with Gasteiger partial charge in [-0.3, -0.25) is 0 Å². The Kier molecular flexibility index (Phi) is 3.20. The van der Waals surface area contributed by atoms with E-state index >= 15 is 0 Å². The van der Waals surface area contributed by atoms with Crippen LogP contribution in [-0.4, -0.2) is 19.5 Å². The number of fused-ring (bicyclic) bond motifs is 7.